The van der Waals surface area contributed by atoms with Gasteiger partial charge in [-0.2, -0.15) is 0 Å². The summed E-state index contributed by atoms with van der Waals surface area (Å²) in [6, 6.07) is 22.8. The van der Waals surface area contributed by atoms with E-state index >= 15 is 0 Å². The Hall–Kier alpha value is -5.25. The van der Waals surface area contributed by atoms with Crippen molar-refractivity contribution in [1.29, 1.82) is 0 Å². The third-order valence-electron chi connectivity index (χ3n) is 9.13. The maximum Gasteiger partial charge on any atom is 0.289 e. The maximum atomic E-state index is 13.9. The molecule has 2 bridgehead atoms. The molecule has 0 aliphatic carbocycles. The lowest BCUT2D eigenvalue weighted by molar-refractivity contribution is -0.124. The first kappa shape index (κ1) is 29.5. The minimum absolute atomic E-state index is 0.0975. The Morgan fingerprint density at radius 2 is 1.72 bits per heavy atom. The molecule has 236 valence electrons. The van der Waals surface area contributed by atoms with Crippen LogP contribution < -0.4 is 14.8 Å². The van der Waals surface area contributed by atoms with Crippen LogP contribution in [0.4, 0.5) is 0 Å². The smallest absolute Gasteiger partial charge is 0.289 e. The Bertz CT molecular complexity index is 1910. The Balaban J connectivity index is 1.15. The largest absolute Gasteiger partial charge is 0.493 e. The number of aromatic nitrogens is 1. The molecule has 3 amide bonds. The van der Waals surface area contributed by atoms with Crippen LogP contribution in [0.5, 0.6) is 11.5 Å². The molecule has 46 heavy (non-hydrogen) atoms. The molecule has 1 N–H and O–H groups in total. The minimum atomic E-state index is -0.462. The van der Waals surface area contributed by atoms with E-state index in [1.165, 1.54) is 0 Å². The summed E-state index contributed by atoms with van der Waals surface area (Å²) in [5.41, 5.74) is 3.14. The molecular formula is C36H36N4O6. The van der Waals surface area contributed by atoms with Crippen molar-refractivity contribution in [1.82, 2.24) is 19.7 Å². The number of fused-ring (bicyclic) bond motifs is 6. The minimum Gasteiger partial charge on any atom is -0.493 e. The Morgan fingerprint density at radius 3 is 2.57 bits per heavy atom. The summed E-state index contributed by atoms with van der Waals surface area (Å²) in [7, 11) is 3.51. The van der Waals surface area contributed by atoms with Gasteiger partial charge >= 0.3 is 0 Å². The lowest BCUT2D eigenvalue weighted by Gasteiger charge is -2.24. The maximum absolute atomic E-state index is 13.9. The number of nitrogens with one attached hydrogen (secondary N) is 1. The van der Waals surface area contributed by atoms with Gasteiger partial charge in [0.25, 0.3) is 11.8 Å². The number of hydrogen-bond donors (Lipinski definition) is 1. The van der Waals surface area contributed by atoms with Crippen LogP contribution in [0.15, 0.2) is 83.4 Å². The zero-order valence-electron chi connectivity index (χ0n) is 25.9. The molecule has 2 atom stereocenters. The molecule has 7 rings (SSSR count). The third-order valence-corrected chi connectivity index (χ3v) is 9.13. The molecule has 10 nitrogen and oxygen atoms in total. The highest BCUT2D eigenvalue weighted by molar-refractivity contribution is 6.07. The molecule has 0 radical (unpaired) electrons. The van der Waals surface area contributed by atoms with Crippen LogP contribution in [-0.2, 0) is 11.8 Å². The molecule has 4 heterocycles. The van der Waals surface area contributed by atoms with Gasteiger partial charge in [-0.3, -0.25) is 14.4 Å². The van der Waals surface area contributed by atoms with E-state index in [2.05, 4.69) is 5.32 Å². The number of benzene rings is 3. The Kier molecular flexibility index (Phi) is 7.86. The van der Waals surface area contributed by atoms with E-state index in [1.54, 1.807) is 23.0 Å². The van der Waals surface area contributed by atoms with Crippen LogP contribution in [0.25, 0.3) is 21.9 Å². The molecule has 2 aliphatic heterocycles. The van der Waals surface area contributed by atoms with Crippen molar-refractivity contribution in [2.75, 3.05) is 46.4 Å². The number of rotatable bonds is 3. The van der Waals surface area contributed by atoms with Gasteiger partial charge in [-0.15, -0.1) is 0 Å². The number of para-hydroxylation sites is 2. The van der Waals surface area contributed by atoms with E-state index in [-0.39, 0.29) is 42.6 Å². The molecule has 1 fully saturated rings. The number of ether oxygens (including phenoxy) is 2. The fourth-order valence-electron chi connectivity index (χ4n) is 6.73. The number of furan rings is 1. The van der Waals surface area contributed by atoms with E-state index in [1.807, 2.05) is 84.5 Å². The fraction of sp³-hybridized carbons (Fsp3) is 0.306. The van der Waals surface area contributed by atoms with Gasteiger partial charge in [0, 0.05) is 61.6 Å². The zero-order valence-corrected chi connectivity index (χ0v) is 25.9. The van der Waals surface area contributed by atoms with Gasteiger partial charge in [-0.25, -0.2) is 0 Å². The highest BCUT2D eigenvalue weighted by Gasteiger charge is 2.41. The quantitative estimate of drug-likeness (QED) is 0.310. The Labute approximate surface area is 266 Å². The third kappa shape index (κ3) is 5.44. The standard InChI is InChI=1S/C36H36N4O6/c1-38-20-28(25-9-4-5-10-29(25)38)35(42)40-21-26-23-12-13-31(44-2)32(18-23)45-17-16-39(15-7-14-37-34(41)27(26)22-40)36(43)33-19-24-8-3-6-11-30(24)46-33/h3-6,8-13,18-20,26-27H,7,14-17,21-22H2,1-2H3,(H,37,41)/t26-,27+/m1/s1. The van der Waals surface area contributed by atoms with Gasteiger partial charge in [0.15, 0.2) is 17.3 Å². The zero-order chi connectivity index (χ0) is 31.8. The summed E-state index contributed by atoms with van der Waals surface area (Å²) in [5, 5.41) is 4.84. The van der Waals surface area contributed by atoms with E-state index < -0.39 is 5.92 Å². The molecule has 0 spiro atoms. The molecule has 10 heteroatoms. The number of amides is 3. The molecule has 0 unspecified atom stereocenters. The number of hydrogen-bond acceptors (Lipinski definition) is 6. The van der Waals surface area contributed by atoms with Crippen LogP contribution in [0.3, 0.4) is 0 Å². The van der Waals surface area contributed by atoms with E-state index in [0.717, 1.165) is 21.9 Å². The van der Waals surface area contributed by atoms with Crippen LogP contribution in [-0.4, -0.2) is 78.5 Å². The number of likely N-dealkylation sites (tertiary alicyclic amines) is 1. The monoisotopic (exact) mass is 620 g/mol. The molecule has 1 saturated heterocycles. The first-order chi connectivity index (χ1) is 22.4. The summed E-state index contributed by atoms with van der Waals surface area (Å²) >= 11 is 0. The van der Waals surface area contributed by atoms with Gasteiger partial charge in [0.05, 0.1) is 25.1 Å². The highest BCUT2D eigenvalue weighted by Crippen LogP contribution is 2.39. The predicted molar refractivity (Wildman–Crippen MR) is 173 cm³/mol. The molecule has 5 aromatic rings. The van der Waals surface area contributed by atoms with E-state index in [9.17, 15) is 14.4 Å². The summed E-state index contributed by atoms with van der Waals surface area (Å²) in [6.07, 6.45) is 2.41. The second kappa shape index (κ2) is 12.3. The van der Waals surface area contributed by atoms with E-state index in [4.69, 9.17) is 13.9 Å². The molecule has 0 saturated carbocycles. The highest BCUT2D eigenvalue weighted by atomic mass is 16.5. The SMILES string of the molecule is COc1ccc2cc1OCCN(C(=O)c1cc3ccccc3o1)CCCNC(=O)[C@H]1CN(C(=O)c3cn(C)c4ccccc34)C[C@H]21. The van der Waals surface area contributed by atoms with Crippen molar-refractivity contribution in [3.8, 4) is 11.5 Å². The van der Waals surface area contributed by atoms with Gasteiger partial charge in [-0.1, -0.05) is 42.5 Å². The van der Waals surface area contributed by atoms with Crippen molar-refractivity contribution < 1.29 is 28.3 Å². The lowest BCUT2D eigenvalue weighted by Crippen LogP contribution is -2.39. The molecule has 2 aromatic heterocycles. The Morgan fingerprint density at radius 1 is 0.913 bits per heavy atom. The first-order valence-corrected chi connectivity index (χ1v) is 15.6. The van der Waals surface area contributed by atoms with Crippen molar-refractivity contribution >= 4 is 39.6 Å². The topological polar surface area (TPSA) is 106 Å². The van der Waals surface area contributed by atoms with Crippen molar-refractivity contribution in [3.63, 3.8) is 0 Å². The van der Waals surface area contributed by atoms with Crippen LogP contribution in [0, 0.1) is 5.92 Å². The lowest BCUT2D eigenvalue weighted by atomic mass is 9.88. The van der Waals surface area contributed by atoms with Crippen LogP contribution >= 0.6 is 0 Å². The van der Waals surface area contributed by atoms with Crippen molar-refractivity contribution in [2.45, 2.75) is 12.3 Å². The van der Waals surface area contributed by atoms with Gasteiger partial charge in [0.1, 0.15) is 12.2 Å². The normalized spacial score (nSPS) is 19.0. The van der Waals surface area contributed by atoms with Gasteiger partial charge in [0.2, 0.25) is 5.91 Å². The first-order valence-electron chi connectivity index (χ1n) is 15.6. The van der Waals surface area contributed by atoms with Crippen molar-refractivity contribution in [3.05, 3.63) is 95.9 Å². The second-order valence-corrected chi connectivity index (χ2v) is 11.9. The average molecular weight is 621 g/mol. The molecular weight excluding hydrogens is 584 g/mol. The number of nitrogens with zero attached hydrogens (tertiary/aromatic N) is 3. The fourth-order valence-corrected chi connectivity index (χ4v) is 6.73. The van der Waals surface area contributed by atoms with Gasteiger partial charge < -0.3 is 33.6 Å². The van der Waals surface area contributed by atoms with Gasteiger partial charge in [-0.05, 0) is 42.3 Å². The number of methoxy groups -OCH3 is 1. The number of carbonyl (C=O) groups excluding carboxylic acids is 3. The summed E-state index contributed by atoms with van der Waals surface area (Å²) in [4.78, 5) is 44.7. The number of aryl methyl sites for hydroxylation is 1. The summed E-state index contributed by atoms with van der Waals surface area (Å²) in [6.45, 7) is 2.02. The van der Waals surface area contributed by atoms with Crippen LogP contribution in [0.1, 0.15) is 38.8 Å². The van der Waals surface area contributed by atoms with E-state index in [0.29, 0.717) is 55.2 Å². The molecule has 3 aromatic carbocycles. The molecule has 2 aliphatic rings. The van der Waals surface area contributed by atoms with Crippen molar-refractivity contribution in [2.24, 2.45) is 13.0 Å². The predicted octanol–water partition coefficient (Wildman–Crippen LogP) is 4.83. The average Bonchev–Trinajstić information content (AvgIpc) is 3.80. The number of carbonyl (C=O) groups is 3. The second-order valence-electron chi connectivity index (χ2n) is 11.9. The summed E-state index contributed by atoms with van der Waals surface area (Å²) < 4.78 is 19.6. The van der Waals surface area contributed by atoms with Crippen LogP contribution in [0.2, 0.25) is 0 Å². The summed E-state index contributed by atoms with van der Waals surface area (Å²) in [5.74, 6) is 0.175.